The van der Waals surface area contributed by atoms with E-state index >= 15 is 0 Å². The molecule has 12 heteroatoms. The summed E-state index contributed by atoms with van der Waals surface area (Å²) in [6, 6.07) is 39.4. The van der Waals surface area contributed by atoms with Crippen LogP contribution >= 0.6 is 0 Å². The van der Waals surface area contributed by atoms with Crippen LogP contribution in [0, 0.1) is 0 Å². The van der Waals surface area contributed by atoms with Crippen molar-refractivity contribution in [2.24, 2.45) is 0 Å². The fourth-order valence-corrected chi connectivity index (χ4v) is 5.79. The molecular weight excluding hydrogens is 713 g/mol. The highest BCUT2D eigenvalue weighted by Gasteiger charge is 2.23. The Balaban J connectivity index is 1.48. The van der Waals surface area contributed by atoms with Crippen molar-refractivity contribution in [3.05, 3.63) is 147 Å². The standard InChI is InChI=1S/C44H50N4O8/c1-3-41(49)53-31-29-45-43(51)55-39(33-47(35-19-9-5-10-20-35)36-21-11-6-12-22-36)27-17-18-28-40(56-44(52)46-30-32-54-42(50)4-2)34-48(37-23-13-7-14-24-37)38-25-15-8-16-26-38/h3-16,19-26,39-40H,1-2,17-18,27-34H2,(H,45,51)(H,46,52). The first-order valence-electron chi connectivity index (χ1n) is 18.6. The highest BCUT2D eigenvalue weighted by atomic mass is 16.6. The van der Waals surface area contributed by atoms with Crippen molar-refractivity contribution in [1.29, 1.82) is 0 Å². The summed E-state index contributed by atoms with van der Waals surface area (Å²) in [7, 11) is 0. The number of amides is 2. The lowest BCUT2D eigenvalue weighted by Crippen LogP contribution is -2.38. The van der Waals surface area contributed by atoms with Gasteiger partial charge in [0.2, 0.25) is 0 Å². The number of anilines is 4. The summed E-state index contributed by atoms with van der Waals surface area (Å²) >= 11 is 0. The number of alkyl carbamates (subject to hydrolysis) is 2. The van der Waals surface area contributed by atoms with E-state index in [0.717, 1.165) is 34.9 Å². The molecule has 0 radical (unpaired) electrons. The van der Waals surface area contributed by atoms with Gasteiger partial charge in [-0.3, -0.25) is 0 Å². The second kappa shape index (κ2) is 24.0. The van der Waals surface area contributed by atoms with E-state index in [1.54, 1.807) is 0 Å². The van der Waals surface area contributed by atoms with E-state index in [1.165, 1.54) is 0 Å². The second-order valence-electron chi connectivity index (χ2n) is 12.5. The van der Waals surface area contributed by atoms with Crippen LogP contribution < -0.4 is 20.4 Å². The summed E-state index contributed by atoms with van der Waals surface area (Å²) in [6.45, 7) is 7.58. The predicted molar refractivity (Wildman–Crippen MR) is 217 cm³/mol. The molecule has 0 aliphatic carbocycles. The number of carbonyl (C=O) groups is 4. The maximum Gasteiger partial charge on any atom is 0.407 e. The molecule has 0 spiro atoms. The largest absolute Gasteiger partial charge is 0.461 e. The van der Waals surface area contributed by atoms with Gasteiger partial charge in [-0.05, 0) is 74.2 Å². The molecule has 2 amide bonds. The summed E-state index contributed by atoms with van der Waals surface area (Å²) in [4.78, 5) is 53.1. The van der Waals surface area contributed by atoms with Crippen LogP contribution in [0.15, 0.2) is 147 Å². The van der Waals surface area contributed by atoms with E-state index < -0.39 is 36.3 Å². The zero-order valence-corrected chi connectivity index (χ0v) is 31.5. The van der Waals surface area contributed by atoms with Gasteiger partial charge in [-0.1, -0.05) is 86.0 Å². The van der Waals surface area contributed by atoms with E-state index in [9.17, 15) is 19.2 Å². The zero-order chi connectivity index (χ0) is 39.8. The molecule has 4 aromatic carbocycles. The van der Waals surface area contributed by atoms with Crippen molar-refractivity contribution in [2.45, 2.75) is 37.9 Å². The lowest BCUT2D eigenvalue weighted by Gasteiger charge is -2.30. The lowest BCUT2D eigenvalue weighted by atomic mass is 10.1. The Hall–Kier alpha value is -6.56. The van der Waals surface area contributed by atoms with Gasteiger partial charge in [0, 0.05) is 34.9 Å². The average Bonchev–Trinajstić information content (AvgIpc) is 3.24. The predicted octanol–water partition coefficient (Wildman–Crippen LogP) is 7.87. The number of rotatable bonds is 23. The van der Waals surface area contributed by atoms with Crippen molar-refractivity contribution < 1.29 is 38.1 Å². The Labute approximate surface area is 328 Å². The molecule has 0 aromatic heterocycles. The molecule has 4 rings (SSSR count). The van der Waals surface area contributed by atoms with Crippen LogP contribution in [0.2, 0.25) is 0 Å². The topological polar surface area (TPSA) is 136 Å². The number of hydrogen-bond acceptors (Lipinski definition) is 10. The molecule has 56 heavy (non-hydrogen) atoms. The number of ether oxygens (including phenoxy) is 4. The quantitative estimate of drug-likeness (QED) is 0.0333. The van der Waals surface area contributed by atoms with Gasteiger partial charge in [0.15, 0.2) is 0 Å². The van der Waals surface area contributed by atoms with E-state index in [4.69, 9.17) is 18.9 Å². The van der Waals surface area contributed by atoms with Crippen LogP contribution in [0.1, 0.15) is 25.7 Å². The monoisotopic (exact) mass is 762 g/mol. The minimum atomic E-state index is -0.635. The van der Waals surface area contributed by atoms with Crippen LogP contribution in [0.25, 0.3) is 0 Å². The van der Waals surface area contributed by atoms with Gasteiger partial charge in [0.25, 0.3) is 0 Å². The fraction of sp³-hybridized carbons (Fsp3) is 0.273. The highest BCUT2D eigenvalue weighted by molar-refractivity contribution is 5.81. The van der Waals surface area contributed by atoms with E-state index in [-0.39, 0.29) is 26.3 Å². The SMILES string of the molecule is C=CC(=O)OCCNC(=O)OC(CCCCC(CN(c1ccccc1)c1ccccc1)OC(=O)NCCOC(=O)C=C)CN(c1ccccc1)c1ccccc1. The van der Waals surface area contributed by atoms with Crippen LogP contribution in [-0.2, 0) is 28.5 Å². The second-order valence-corrected chi connectivity index (χ2v) is 12.5. The highest BCUT2D eigenvalue weighted by Crippen LogP contribution is 2.28. The molecular formula is C44H50N4O8. The Morgan fingerprint density at radius 3 is 1.11 bits per heavy atom. The summed E-state index contributed by atoms with van der Waals surface area (Å²) in [5, 5.41) is 5.33. The van der Waals surface area contributed by atoms with Gasteiger partial charge in [-0.25, -0.2) is 19.2 Å². The van der Waals surface area contributed by atoms with Crippen LogP contribution in [0.5, 0.6) is 0 Å². The van der Waals surface area contributed by atoms with Crippen LogP contribution in [0.3, 0.4) is 0 Å². The molecule has 0 bridgehead atoms. The number of nitrogens with zero attached hydrogens (tertiary/aromatic N) is 2. The van der Waals surface area contributed by atoms with Gasteiger partial charge < -0.3 is 39.4 Å². The Bertz CT molecular complexity index is 1580. The minimum Gasteiger partial charge on any atom is -0.461 e. The Morgan fingerprint density at radius 2 is 0.821 bits per heavy atom. The third-order valence-corrected chi connectivity index (χ3v) is 8.46. The van der Waals surface area contributed by atoms with Crippen LogP contribution in [-0.4, -0.2) is 75.7 Å². The molecule has 0 heterocycles. The van der Waals surface area contributed by atoms with Crippen molar-refractivity contribution >= 4 is 46.9 Å². The molecule has 0 aliphatic heterocycles. The first kappa shape index (κ1) is 42.2. The number of unbranched alkanes of at least 4 members (excludes halogenated alkanes) is 1. The third-order valence-electron chi connectivity index (χ3n) is 8.46. The van der Waals surface area contributed by atoms with Crippen molar-refractivity contribution in [2.75, 3.05) is 49.2 Å². The number of hydrogen-bond donors (Lipinski definition) is 2. The summed E-state index contributed by atoms with van der Waals surface area (Å²) in [6.07, 6.45) is 2.05. The summed E-state index contributed by atoms with van der Waals surface area (Å²) in [5.74, 6) is -1.16. The molecule has 0 fully saturated rings. The summed E-state index contributed by atoms with van der Waals surface area (Å²) < 4.78 is 21.9. The molecule has 2 unspecified atom stereocenters. The number of benzene rings is 4. The third kappa shape index (κ3) is 15.1. The number of carbonyl (C=O) groups excluding carboxylic acids is 4. The Kier molecular flexibility index (Phi) is 18.1. The van der Waals surface area contributed by atoms with Gasteiger partial charge in [0.1, 0.15) is 25.4 Å². The van der Waals surface area contributed by atoms with E-state index in [2.05, 4.69) is 33.6 Å². The first-order valence-corrected chi connectivity index (χ1v) is 18.6. The average molecular weight is 763 g/mol. The molecule has 0 saturated heterocycles. The maximum absolute atomic E-state index is 13.0. The fourth-order valence-electron chi connectivity index (χ4n) is 5.79. The number of esters is 2. The van der Waals surface area contributed by atoms with Gasteiger partial charge in [-0.15, -0.1) is 0 Å². The number of para-hydroxylation sites is 4. The minimum absolute atomic E-state index is 0.0251. The van der Waals surface area contributed by atoms with Crippen molar-refractivity contribution in [3.8, 4) is 0 Å². The first-order chi connectivity index (χ1) is 27.4. The van der Waals surface area contributed by atoms with Crippen LogP contribution in [0.4, 0.5) is 32.3 Å². The zero-order valence-electron chi connectivity index (χ0n) is 31.5. The number of nitrogens with one attached hydrogen (secondary N) is 2. The summed E-state index contributed by atoms with van der Waals surface area (Å²) in [5.41, 5.74) is 3.74. The smallest absolute Gasteiger partial charge is 0.407 e. The van der Waals surface area contributed by atoms with Crippen molar-refractivity contribution in [1.82, 2.24) is 10.6 Å². The molecule has 12 nitrogen and oxygen atoms in total. The normalized spacial score (nSPS) is 11.5. The van der Waals surface area contributed by atoms with Gasteiger partial charge in [0.05, 0.1) is 26.2 Å². The van der Waals surface area contributed by atoms with Gasteiger partial charge >= 0.3 is 24.1 Å². The van der Waals surface area contributed by atoms with Gasteiger partial charge in [-0.2, -0.15) is 0 Å². The molecule has 4 aromatic rings. The maximum atomic E-state index is 13.0. The van der Waals surface area contributed by atoms with E-state index in [0.29, 0.717) is 38.8 Å². The van der Waals surface area contributed by atoms with E-state index in [1.807, 2.05) is 121 Å². The molecule has 2 N–H and O–H groups in total. The molecule has 2 atom stereocenters. The molecule has 294 valence electrons. The Morgan fingerprint density at radius 1 is 0.518 bits per heavy atom. The molecule has 0 saturated carbocycles. The molecule has 0 aliphatic rings. The lowest BCUT2D eigenvalue weighted by molar-refractivity contribution is -0.138. The van der Waals surface area contributed by atoms with Crippen molar-refractivity contribution in [3.63, 3.8) is 0 Å².